The molecule has 3 aromatic heterocycles. The Labute approximate surface area is 307 Å². The highest BCUT2D eigenvalue weighted by molar-refractivity contribution is 7.89. The molecule has 2 bridgehead atoms. The number of piperazine rings is 1. The number of aromatic nitrogens is 6. The fraction of sp³-hybridized carbons (Fsp3) is 0.263. The summed E-state index contributed by atoms with van der Waals surface area (Å²) in [6.07, 6.45) is 12.2. The maximum Gasteiger partial charge on any atom is 0.319 e. The quantitative estimate of drug-likeness (QED) is 0.197. The molecule has 13 nitrogen and oxygen atoms in total. The molecule has 0 spiro atoms. The number of halogens is 2. The van der Waals surface area contributed by atoms with E-state index >= 15 is 4.39 Å². The van der Waals surface area contributed by atoms with Crippen molar-refractivity contribution < 1.29 is 26.7 Å². The summed E-state index contributed by atoms with van der Waals surface area (Å²) in [5.41, 5.74) is 0.436. The van der Waals surface area contributed by atoms with Crippen LogP contribution in [-0.4, -0.2) is 75.2 Å². The van der Waals surface area contributed by atoms with Crippen molar-refractivity contribution >= 4 is 49.1 Å². The zero-order valence-corrected chi connectivity index (χ0v) is 29.4. The van der Waals surface area contributed by atoms with Gasteiger partial charge in [0, 0.05) is 53.9 Å². The molecule has 0 radical (unpaired) electrons. The molecule has 6 aromatic rings. The molecule has 1 amide bonds. The zero-order valence-electron chi connectivity index (χ0n) is 28.5. The average Bonchev–Trinajstić information content (AvgIpc) is 3.80. The third kappa shape index (κ3) is 6.04. The van der Waals surface area contributed by atoms with Gasteiger partial charge in [-0.1, -0.05) is 30.2 Å². The number of carbonyl (C=O) groups excluding carboxylic acids is 1. The van der Waals surface area contributed by atoms with Crippen molar-refractivity contribution in [3.05, 3.63) is 90.1 Å². The van der Waals surface area contributed by atoms with Gasteiger partial charge in [-0.3, -0.25) is 9.78 Å². The van der Waals surface area contributed by atoms with Gasteiger partial charge in [-0.05, 0) is 61.4 Å². The molecule has 5 heterocycles. The monoisotopic (exact) mass is 747 g/mol. The Morgan fingerprint density at radius 1 is 1.00 bits per heavy atom. The average molecular weight is 748 g/mol. The highest BCUT2D eigenvalue weighted by Crippen LogP contribution is 2.39. The maximum absolute atomic E-state index is 16.7. The zero-order chi connectivity index (χ0) is 37.1. The second-order valence-corrected chi connectivity index (χ2v) is 15.4. The third-order valence-electron chi connectivity index (χ3n) is 10.0. The predicted molar refractivity (Wildman–Crippen MR) is 195 cm³/mol. The summed E-state index contributed by atoms with van der Waals surface area (Å²) in [6, 6.07) is 13.8. The number of hydrogen-bond donors (Lipinski definition) is 2. The molecule has 1 saturated carbocycles. The van der Waals surface area contributed by atoms with Crippen molar-refractivity contribution in [2.45, 2.75) is 48.6 Å². The van der Waals surface area contributed by atoms with Gasteiger partial charge in [0.25, 0.3) is 15.9 Å². The molecule has 2 N–H and O–H groups in total. The summed E-state index contributed by atoms with van der Waals surface area (Å²) in [5, 5.41) is 11.7. The highest BCUT2D eigenvalue weighted by Gasteiger charge is 2.34. The van der Waals surface area contributed by atoms with Crippen molar-refractivity contribution in [1.82, 2.24) is 34.4 Å². The van der Waals surface area contributed by atoms with E-state index in [2.05, 4.69) is 41.6 Å². The minimum absolute atomic E-state index is 0.00645. The molecule has 3 fully saturated rings. The molecule has 3 aliphatic rings. The lowest BCUT2D eigenvalue weighted by atomic mass is 9.96. The van der Waals surface area contributed by atoms with E-state index in [4.69, 9.17) is 11.2 Å². The standard InChI is InChI=1S/C38H31F2N9O4S/c1-2-27-30(39)15-8-21-4-3-5-28(32(21)27)34-33(40)35-29(16-41-34)37(48-17-24-9-10-25(18-48)43-24)46-38(45-35)53-19-31(50)44-23-11-13-26(14-12-23)54(51,52)49-20-42-36(47-49)22-6-7-22/h1,3-5,8,11-16,20,22,24-25,43H,6-7,9-10,17-19H2,(H,44,50)/t24-,25+. The molecular formula is C38H31F2N9O4S. The highest BCUT2D eigenvalue weighted by atomic mass is 32.2. The Hall–Kier alpha value is -6.05. The van der Waals surface area contributed by atoms with E-state index in [0.717, 1.165) is 29.8 Å². The summed E-state index contributed by atoms with van der Waals surface area (Å²) in [6.45, 7) is 0.698. The first-order chi connectivity index (χ1) is 26.2. The first-order valence-electron chi connectivity index (χ1n) is 17.4. The van der Waals surface area contributed by atoms with Crippen LogP contribution in [0.2, 0.25) is 0 Å². The van der Waals surface area contributed by atoms with E-state index in [1.807, 2.05) is 4.90 Å². The van der Waals surface area contributed by atoms with Crippen LogP contribution in [0.4, 0.5) is 20.3 Å². The first-order valence-corrected chi connectivity index (χ1v) is 18.9. The van der Waals surface area contributed by atoms with Crippen molar-refractivity contribution in [3.8, 4) is 29.6 Å². The van der Waals surface area contributed by atoms with E-state index in [1.165, 1.54) is 42.9 Å². The molecular weight excluding hydrogens is 717 g/mol. The molecule has 2 aliphatic heterocycles. The number of nitrogens with one attached hydrogen (secondary N) is 2. The van der Waals surface area contributed by atoms with Gasteiger partial charge in [0.15, 0.2) is 18.2 Å². The normalized spacial score (nSPS) is 18.2. The van der Waals surface area contributed by atoms with Crippen LogP contribution < -0.4 is 20.3 Å². The number of pyridine rings is 1. The smallest absolute Gasteiger partial charge is 0.319 e. The Morgan fingerprint density at radius 3 is 2.52 bits per heavy atom. The summed E-state index contributed by atoms with van der Waals surface area (Å²) in [7, 11) is -3.97. The molecule has 3 aromatic carbocycles. The van der Waals surface area contributed by atoms with Crippen molar-refractivity contribution in [2.24, 2.45) is 0 Å². The van der Waals surface area contributed by atoms with Crippen molar-refractivity contribution in [3.63, 3.8) is 0 Å². The van der Waals surface area contributed by atoms with E-state index in [9.17, 15) is 17.6 Å². The molecule has 9 rings (SSSR count). The van der Waals surface area contributed by atoms with Gasteiger partial charge < -0.3 is 20.3 Å². The van der Waals surface area contributed by atoms with Crippen LogP contribution in [-0.2, 0) is 14.8 Å². The Morgan fingerprint density at radius 2 is 1.78 bits per heavy atom. The molecule has 2 saturated heterocycles. The number of fused-ring (bicyclic) bond motifs is 4. The number of anilines is 2. The fourth-order valence-corrected chi connectivity index (χ4v) is 8.29. The number of hydrogen-bond acceptors (Lipinski definition) is 11. The molecule has 54 heavy (non-hydrogen) atoms. The van der Waals surface area contributed by atoms with Gasteiger partial charge >= 0.3 is 6.01 Å². The second kappa shape index (κ2) is 13.1. The largest absolute Gasteiger partial charge is 0.453 e. The molecule has 272 valence electrons. The van der Waals surface area contributed by atoms with E-state index in [1.54, 1.807) is 24.3 Å². The Bertz CT molecular complexity index is 2630. The van der Waals surface area contributed by atoms with Gasteiger partial charge in [-0.15, -0.1) is 15.6 Å². The summed E-state index contributed by atoms with van der Waals surface area (Å²) in [4.78, 5) is 32.7. The van der Waals surface area contributed by atoms with Gasteiger partial charge in [0.2, 0.25) is 0 Å². The Balaban J connectivity index is 1.00. The number of nitrogens with zero attached hydrogens (tertiary/aromatic N) is 7. The van der Waals surface area contributed by atoms with Gasteiger partial charge in [-0.2, -0.15) is 18.4 Å². The minimum atomic E-state index is -3.97. The third-order valence-corrected chi connectivity index (χ3v) is 11.5. The van der Waals surface area contributed by atoms with Crippen LogP contribution in [0, 0.1) is 24.0 Å². The lowest BCUT2D eigenvalue weighted by Crippen LogP contribution is -2.51. The van der Waals surface area contributed by atoms with Gasteiger partial charge in [-0.25, -0.2) is 13.8 Å². The van der Waals surface area contributed by atoms with Gasteiger partial charge in [0.05, 0.1) is 15.8 Å². The van der Waals surface area contributed by atoms with Crippen LogP contribution in [0.5, 0.6) is 6.01 Å². The van der Waals surface area contributed by atoms with Crippen LogP contribution in [0.3, 0.4) is 0 Å². The number of ether oxygens (including phenoxy) is 1. The van der Waals surface area contributed by atoms with E-state index in [-0.39, 0.29) is 45.7 Å². The molecule has 2 atom stereocenters. The molecule has 0 unspecified atom stereocenters. The number of carbonyl (C=O) groups is 1. The minimum Gasteiger partial charge on any atom is -0.453 e. The summed E-state index contributed by atoms with van der Waals surface area (Å²) in [5.74, 6) is 1.53. The first kappa shape index (κ1) is 33.8. The van der Waals surface area contributed by atoms with Crippen LogP contribution in [0.1, 0.15) is 43.0 Å². The summed E-state index contributed by atoms with van der Waals surface area (Å²) < 4.78 is 64.3. The number of amides is 1. The topological polar surface area (TPSA) is 157 Å². The van der Waals surface area contributed by atoms with Crippen LogP contribution >= 0.6 is 0 Å². The van der Waals surface area contributed by atoms with Crippen molar-refractivity contribution in [2.75, 3.05) is 29.9 Å². The molecule has 1 aliphatic carbocycles. The van der Waals surface area contributed by atoms with E-state index < -0.39 is 34.2 Å². The maximum atomic E-state index is 16.7. The van der Waals surface area contributed by atoms with E-state index in [0.29, 0.717) is 52.1 Å². The van der Waals surface area contributed by atoms with Crippen LogP contribution in [0.15, 0.2) is 72.0 Å². The van der Waals surface area contributed by atoms with Crippen LogP contribution in [0.25, 0.3) is 32.9 Å². The number of benzene rings is 3. The van der Waals surface area contributed by atoms with Gasteiger partial charge in [0.1, 0.15) is 29.2 Å². The Kier molecular flexibility index (Phi) is 8.20. The number of rotatable bonds is 9. The molecule has 16 heteroatoms. The summed E-state index contributed by atoms with van der Waals surface area (Å²) >= 11 is 0. The lowest BCUT2D eigenvalue weighted by Gasteiger charge is -2.34. The lowest BCUT2D eigenvalue weighted by molar-refractivity contribution is -0.118. The SMILES string of the molecule is C#Cc1c(F)ccc2cccc(-c3ncc4c(N5C[C@H]6CC[C@@H](C5)N6)nc(OCC(=O)Nc5ccc(S(=O)(=O)n6cnc(C7CC7)n6)cc5)nc4c3F)c12. The predicted octanol–water partition coefficient (Wildman–Crippen LogP) is 4.77. The van der Waals surface area contributed by atoms with Crippen molar-refractivity contribution in [1.29, 1.82) is 0 Å². The fourth-order valence-electron chi connectivity index (χ4n) is 7.23. The second-order valence-electron chi connectivity index (χ2n) is 13.6. The number of terminal acetylenes is 1.